The number of amides is 1. The van der Waals surface area contributed by atoms with Gasteiger partial charge in [0.25, 0.3) is 0 Å². The number of nitrogens with one attached hydrogen (secondary N) is 1. The lowest BCUT2D eigenvalue weighted by atomic mass is 9.91. The first-order valence-corrected chi connectivity index (χ1v) is 9.09. The molecule has 0 unspecified atom stereocenters. The Morgan fingerprint density at radius 1 is 1.43 bits per heavy atom. The first kappa shape index (κ1) is 18.0. The molecule has 2 heterocycles. The molecule has 2 aromatic heterocycles. The van der Waals surface area contributed by atoms with Crippen LogP contribution in [0.3, 0.4) is 0 Å². The van der Waals surface area contributed by atoms with Crippen molar-refractivity contribution in [2.45, 2.75) is 31.8 Å². The molecular formula is C21H19FN4O2. The fourth-order valence-corrected chi connectivity index (χ4v) is 3.95. The summed E-state index contributed by atoms with van der Waals surface area (Å²) >= 11 is 0. The summed E-state index contributed by atoms with van der Waals surface area (Å²) in [5, 5.41) is 13.2. The van der Waals surface area contributed by atoms with Gasteiger partial charge in [0, 0.05) is 22.6 Å². The molecule has 1 aliphatic rings. The second-order valence-electron chi connectivity index (χ2n) is 6.88. The SMILES string of the molecule is COC(=O)N[C@@H]1CCc2c(c3cc(C#N)ccc3n2Cc2cccc(F)n2)C1. The number of fused-ring (bicyclic) bond motifs is 3. The lowest BCUT2D eigenvalue weighted by Crippen LogP contribution is -2.38. The smallest absolute Gasteiger partial charge is 0.407 e. The van der Waals surface area contributed by atoms with Crippen LogP contribution < -0.4 is 5.32 Å². The second-order valence-corrected chi connectivity index (χ2v) is 6.88. The summed E-state index contributed by atoms with van der Waals surface area (Å²) in [5.74, 6) is -0.503. The molecule has 0 aliphatic heterocycles. The zero-order chi connectivity index (χ0) is 19.7. The highest BCUT2D eigenvalue weighted by molar-refractivity contribution is 5.87. The summed E-state index contributed by atoms with van der Waals surface area (Å²) in [6.07, 6.45) is 1.74. The van der Waals surface area contributed by atoms with Crippen LogP contribution in [0, 0.1) is 17.3 Å². The van der Waals surface area contributed by atoms with E-state index >= 15 is 0 Å². The van der Waals surface area contributed by atoms with E-state index in [1.165, 1.54) is 13.2 Å². The van der Waals surface area contributed by atoms with Crippen LogP contribution in [0.25, 0.3) is 10.9 Å². The van der Waals surface area contributed by atoms with Gasteiger partial charge in [0.05, 0.1) is 31.0 Å². The fraction of sp³-hybridized carbons (Fsp3) is 0.286. The Balaban J connectivity index is 1.78. The average molecular weight is 378 g/mol. The number of hydrogen-bond donors (Lipinski definition) is 1. The van der Waals surface area contributed by atoms with E-state index in [9.17, 15) is 14.4 Å². The van der Waals surface area contributed by atoms with Gasteiger partial charge in [-0.2, -0.15) is 9.65 Å². The minimum atomic E-state index is -0.503. The van der Waals surface area contributed by atoms with Crippen LogP contribution in [0.5, 0.6) is 0 Å². The predicted octanol–water partition coefficient (Wildman–Crippen LogP) is 3.31. The van der Waals surface area contributed by atoms with E-state index in [4.69, 9.17) is 4.74 Å². The molecule has 7 heteroatoms. The van der Waals surface area contributed by atoms with Gasteiger partial charge < -0.3 is 14.6 Å². The number of carbonyl (C=O) groups is 1. The van der Waals surface area contributed by atoms with E-state index in [1.807, 2.05) is 12.1 Å². The number of benzene rings is 1. The maximum absolute atomic E-state index is 13.5. The Labute approximate surface area is 161 Å². The van der Waals surface area contributed by atoms with Crippen LogP contribution in [0.2, 0.25) is 0 Å². The van der Waals surface area contributed by atoms with Crippen LogP contribution in [0.15, 0.2) is 36.4 Å². The molecule has 6 nitrogen and oxygen atoms in total. The Bertz CT molecular complexity index is 1100. The number of carbonyl (C=O) groups excluding carboxylic acids is 1. The molecule has 1 N–H and O–H groups in total. The highest BCUT2D eigenvalue weighted by atomic mass is 19.1. The Kier molecular flexibility index (Phi) is 4.70. The Morgan fingerprint density at radius 2 is 2.29 bits per heavy atom. The monoisotopic (exact) mass is 378 g/mol. The van der Waals surface area contributed by atoms with Crippen LogP contribution in [0.4, 0.5) is 9.18 Å². The summed E-state index contributed by atoms with van der Waals surface area (Å²) in [4.78, 5) is 15.6. The second kappa shape index (κ2) is 7.31. The quantitative estimate of drug-likeness (QED) is 0.709. The number of hydrogen-bond acceptors (Lipinski definition) is 4. The van der Waals surface area contributed by atoms with E-state index in [-0.39, 0.29) is 6.04 Å². The molecule has 1 amide bonds. The lowest BCUT2D eigenvalue weighted by molar-refractivity contribution is 0.165. The molecule has 1 aliphatic carbocycles. The van der Waals surface area contributed by atoms with E-state index in [0.717, 1.165) is 35.0 Å². The fourth-order valence-electron chi connectivity index (χ4n) is 3.95. The summed E-state index contributed by atoms with van der Waals surface area (Å²) < 4.78 is 20.4. The van der Waals surface area contributed by atoms with Crippen molar-refractivity contribution in [1.29, 1.82) is 5.26 Å². The van der Waals surface area contributed by atoms with Crippen molar-refractivity contribution >= 4 is 17.0 Å². The molecule has 0 spiro atoms. The van der Waals surface area contributed by atoms with Crippen LogP contribution in [0.1, 0.15) is 28.9 Å². The number of rotatable bonds is 3. The van der Waals surface area contributed by atoms with Gasteiger partial charge in [0.1, 0.15) is 0 Å². The van der Waals surface area contributed by atoms with E-state index in [2.05, 4.69) is 20.9 Å². The summed E-state index contributed by atoms with van der Waals surface area (Å²) in [5.41, 5.74) is 4.45. The van der Waals surface area contributed by atoms with Crippen molar-refractivity contribution < 1.29 is 13.9 Å². The standard InChI is InChI=1S/C21H19FN4O2/c1-28-21(27)25-14-6-8-19-17(10-14)16-9-13(11-23)5-7-18(16)26(19)12-15-3-2-4-20(22)24-15/h2-5,7,9,14H,6,8,10,12H2,1H3,(H,25,27)/t14-/m1/s1. The van der Waals surface area contributed by atoms with Gasteiger partial charge in [-0.05, 0) is 55.2 Å². The molecule has 1 atom stereocenters. The van der Waals surface area contributed by atoms with Crippen LogP contribution in [-0.2, 0) is 24.1 Å². The van der Waals surface area contributed by atoms with E-state index in [0.29, 0.717) is 24.2 Å². The molecule has 0 saturated heterocycles. The number of methoxy groups -OCH3 is 1. The van der Waals surface area contributed by atoms with Crippen molar-refractivity contribution in [2.24, 2.45) is 0 Å². The largest absolute Gasteiger partial charge is 0.453 e. The molecule has 0 saturated carbocycles. The minimum absolute atomic E-state index is 0.0305. The summed E-state index contributed by atoms with van der Waals surface area (Å²) in [6.45, 7) is 0.449. The highest BCUT2D eigenvalue weighted by Crippen LogP contribution is 2.33. The van der Waals surface area contributed by atoms with Gasteiger partial charge in [-0.25, -0.2) is 9.78 Å². The third-order valence-electron chi connectivity index (χ3n) is 5.20. The number of alkyl carbamates (subject to hydrolysis) is 1. The average Bonchev–Trinajstić information content (AvgIpc) is 3.00. The molecule has 1 aromatic carbocycles. The van der Waals surface area contributed by atoms with Crippen molar-refractivity contribution in [3.05, 3.63) is 64.9 Å². The van der Waals surface area contributed by atoms with Crippen molar-refractivity contribution in [3.63, 3.8) is 0 Å². The topological polar surface area (TPSA) is 79.9 Å². The Morgan fingerprint density at radius 3 is 3.04 bits per heavy atom. The maximum Gasteiger partial charge on any atom is 0.407 e. The van der Waals surface area contributed by atoms with Gasteiger partial charge in [0.15, 0.2) is 0 Å². The number of pyridine rings is 1. The van der Waals surface area contributed by atoms with Crippen LogP contribution in [-0.4, -0.2) is 28.8 Å². The molecule has 0 fully saturated rings. The zero-order valence-corrected chi connectivity index (χ0v) is 15.4. The molecule has 142 valence electrons. The van der Waals surface area contributed by atoms with Gasteiger partial charge >= 0.3 is 6.09 Å². The molecular weight excluding hydrogens is 359 g/mol. The third-order valence-corrected chi connectivity index (χ3v) is 5.20. The zero-order valence-electron chi connectivity index (χ0n) is 15.4. The van der Waals surface area contributed by atoms with E-state index < -0.39 is 12.0 Å². The van der Waals surface area contributed by atoms with Crippen molar-refractivity contribution in [2.75, 3.05) is 7.11 Å². The molecule has 3 aromatic rings. The van der Waals surface area contributed by atoms with Crippen molar-refractivity contribution in [3.8, 4) is 6.07 Å². The van der Waals surface area contributed by atoms with Gasteiger partial charge in [0.2, 0.25) is 5.95 Å². The molecule has 28 heavy (non-hydrogen) atoms. The molecule has 4 rings (SSSR count). The Hall–Kier alpha value is -3.40. The normalized spacial score (nSPS) is 15.7. The first-order chi connectivity index (χ1) is 13.6. The van der Waals surface area contributed by atoms with Gasteiger partial charge in [-0.1, -0.05) is 6.07 Å². The third kappa shape index (κ3) is 3.29. The number of nitriles is 1. The highest BCUT2D eigenvalue weighted by Gasteiger charge is 2.27. The minimum Gasteiger partial charge on any atom is -0.453 e. The molecule has 0 bridgehead atoms. The molecule has 0 radical (unpaired) electrons. The first-order valence-electron chi connectivity index (χ1n) is 9.09. The summed E-state index contributed by atoms with van der Waals surface area (Å²) in [7, 11) is 1.35. The van der Waals surface area contributed by atoms with Crippen LogP contribution >= 0.6 is 0 Å². The lowest BCUT2D eigenvalue weighted by Gasteiger charge is -2.24. The number of ether oxygens (including phenoxy) is 1. The number of halogens is 1. The number of aromatic nitrogens is 2. The van der Waals surface area contributed by atoms with E-state index in [1.54, 1.807) is 18.2 Å². The predicted molar refractivity (Wildman–Crippen MR) is 101 cm³/mol. The number of nitrogens with zero attached hydrogens (tertiary/aromatic N) is 3. The van der Waals surface area contributed by atoms with Crippen molar-refractivity contribution in [1.82, 2.24) is 14.9 Å². The van der Waals surface area contributed by atoms with Gasteiger partial charge in [-0.15, -0.1) is 0 Å². The summed E-state index contributed by atoms with van der Waals surface area (Å²) in [6, 6.07) is 12.5. The van der Waals surface area contributed by atoms with Gasteiger partial charge in [-0.3, -0.25) is 0 Å². The maximum atomic E-state index is 13.5.